The van der Waals surface area contributed by atoms with Gasteiger partial charge in [0.2, 0.25) is 10.0 Å². The first-order valence-corrected chi connectivity index (χ1v) is 8.76. The van der Waals surface area contributed by atoms with E-state index in [4.69, 9.17) is 5.73 Å². The van der Waals surface area contributed by atoms with Gasteiger partial charge in [-0.25, -0.2) is 8.42 Å². The smallest absolute Gasteiger partial charge is 0.211 e. The minimum absolute atomic E-state index is 0.453. The first-order chi connectivity index (χ1) is 8.52. The minimum atomic E-state index is -3.03. The molecule has 0 aromatic carbocycles. The zero-order valence-electron chi connectivity index (χ0n) is 11.2. The second kappa shape index (κ2) is 5.86. The molecule has 0 bridgehead atoms. The molecule has 0 aromatic heterocycles. The van der Waals surface area contributed by atoms with Gasteiger partial charge in [-0.05, 0) is 18.8 Å². The van der Waals surface area contributed by atoms with Crippen LogP contribution in [0.25, 0.3) is 0 Å². The van der Waals surface area contributed by atoms with Gasteiger partial charge in [0.25, 0.3) is 0 Å². The van der Waals surface area contributed by atoms with Gasteiger partial charge in [0.05, 0.1) is 6.26 Å². The summed E-state index contributed by atoms with van der Waals surface area (Å²) in [5.74, 6) is 0.722. The average molecular weight is 275 g/mol. The SMILES string of the molecule is CS(=O)(=O)N1CCN(C(CN)C2CCCC2)CC1. The Morgan fingerprint density at radius 1 is 1.17 bits per heavy atom. The fourth-order valence-electron chi connectivity index (χ4n) is 3.35. The number of nitrogens with zero attached hydrogens (tertiary/aromatic N) is 2. The Labute approximate surface area is 110 Å². The fourth-order valence-corrected chi connectivity index (χ4v) is 4.18. The molecule has 2 N–H and O–H groups in total. The molecule has 2 rings (SSSR count). The van der Waals surface area contributed by atoms with Gasteiger partial charge < -0.3 is 5.73 Å². The number of hydrogen-bond donors (Lipinski definition) is 1. The highest BCUT2D eigenvalue weighted by Crippen LogP contribution is 2.30. The Balaban J connectivity index is 1.91. The van der Waals surface area contributed by atoms with Gasteiger partial charge >= 0.3 is 0 Å². The zero-order valence-corrected chi connectivity index (χ0v) is 12.0. The maximum absolute atomic E-state index is 11.5. The van der Waals surface area contributed by atoms with E-state index in [0.29, 0.717) is 25.7 Å². The molecule has 1 aliphatic heterocycles. The molecule has 0 radical (unpaired) electrons. The predicted octanol–water partition coefficient (Wildman–Crippen LogP) is 0.0811. The summed E-state index contributed by atoms with van der Waals surface area (Å²) in [5, 5.41) is 0. The second-order valence-corrected chi connectivity index (χ2v) is 7.53. The highest BCUT2D eigenvalue weighted by Gasteiger charge is 2.32. The van der Waals surface area contributed by atoms with Gasteiger partial charge in [-0.15, -0.1) is 0 Å². The average Bonchev–Trinajstić information content (AvgIpc) is 2.83. The summed E-state index contributed by atoms with van der Waals surface area (Å²) >= 11 is 0. The van der Waals surface area contributed by atoms with Crippen molar-refractivity contribution < 1.29 is 8.42 Å². The number of sulfonamides is 1. The van der Waals surface area contributed by atoms with Crippen molar-refractivity contribution in [3.05, 3.63) is 0 Å². The second-order valence-electron chi connectivity index (χ2n) is 5.55. The molecule has 18 heavy (non-hydrogen) atoms. The Bertz CT molecular complexity index is 358. The van der Waals surface area contributed by atoms with Crippen LogP contribution >= 0.6 is 0 Å². The molecule has 106 valence electrons. The van der Waals surface area contributed by atoms with Crippen molar-refractivity contribution in [1.29, 1.82) is 0 Å². The highest BCUT2D eigenvalue weighted by atomic mass is 32.2. The van der Waals surface area contributed by atoms with Gasteiger partial charge in [0, 0.05) is 38.8 Å². The summed E-state index contributed by atoms with van der Waals surface area (Å²) in [6.07, 6.45) is 6.51. The maximum atomic E-state index is 11.5. The van der Waals surface area contributed by atoms with Gasteiger partial charge in [0.1, 0.15) is 0 Å². The quantitative estimate of drug-likeness (QED) is 0.789. The summed E-state index contributed by atoms with van der Waals surface area (Å²) < 4.78 is 24.5. The van der Waals surface area contributed by atoms with Crippen LogP contribution in [0, 0.1) is 5.92 Å². The zero-order chi connectivity index (χ0) is 13.2. The van der Waals surface area contributed by atoms with E-state index < -0.39 is 10.0 Å². The first-order valence-electron chi connectivity index (χ1n) is 6.91. The summed E-state index contributed by atoms with van der Waals surface area (Å²) in [7, 11) is -3.03. The van der Waals surface area contributed by atoms with Gasteiger partial charge in [-0.1, -0.05) is 12.8 Å². The molecule has 1 atom stereocenters. The molecule has 1 aliphatic carbocycles. The van der Waals surface area contributed by atoms with Crippen LogP contribution < -0.4 is 5.73 Å². The molecule has 0 spiro atoms. The number of rotatable bonds is 4. The Kier molecular flexibility index (Phi) is 4.64. The molecule has 2 aliphatic rings. The Morgan fingerprint density at radius 3 is 2.17 bits per heavy atom. The van der Waals surface area contributed by atoms with Crippen molar-refractivity contribution in [2.45, 2.75) is 31.7 Å². The molecule has 6 heteroatoms. The van der Waals surface area contributed by atoms with Gasteiger partial charge in [0.15, 0.2) is 0 Å². The van der Waals surface area contributed by atoms with Crippen molar-refractivity contribution in [2.24, 2.45) is 11.7 Å². The number of piperazine rings is 1. The van der Waals surface area contributed by atoms with Gasteiger partial charge in [-0.2, -0.15) is 4.31 Å². The third kappa shape index (κ3) is 3.23. The Morgan fingerprint density at radius 2 is 1.72 bits per heavy atom. The van der Waals surface area contributed by atoms with Crippen molar-refractivity contribution >= 4 is 10.0 Å². The van der Waals surface area contributed by atoms with Crippen LogP contribution in [0.2, 0.25) is 0 Å². The predicted molar refractivity (Wildman–Crippen MR) is 72.8 cm³/mol. The fraction of sp³-hybridized carbons (Fsp3) is 1.00. The molecular formula is C12H25N3O2S. The van der Waals surface area contributed by atoms with E-state index in [1.54, 1.807) is 4.31 Å². The topological polar surface area (TPSA) is 66.6 Å². The molecule has 0 aromatic rings. The molecule has 1 saturated carbocycles. The molecular weight excluding hydrogens is 250 g/mol. The highest BCUT2D eigenvalue weighted by molar-refractivity contribution is 7.88. The molecule has 2 fully saturated rings. The van der Waals surface area contributed by atoms with Crippen LogP contribution in [0.5, 0.6) is 0 Å². The summed E-state index contributed by atoms with van der Waals surface area (Å²) in [6, 6.07) is 0.453. The maximum Gasteiger partial charge on any atom is 0.211 e. The van der Waals surface area contributed by atoms with Crippen LogP contribution in [0.4, 0.5) is 0 Å². The van der Waals surface area contributed by atoms with Crippen molar-refractivity contribution in [2.75, 3.05) is 39.0 Å². The van der Waals surface area contributed by atoms with E-state index >= 15 is 0 Å². The lowest BCUT2D eigenvalue weighted by Gasteiger charge is -2.40. The van der Waals surface area contributed by atoms with Crippen LogP contribution in [-0.4, -0.2) is 62.6 Å². The van der Waals surface area contributed by atoms with E-state index in [1.807, 2.05) is 0 Å². The summed E-state index contributed by atoms with van der Waals surface area (Å²) in [4.78, 5) is 2.40. The van der Waals surface area contributed by atoms with E-state index in [2.05, 4.69) is 4.90 Å². The largest absolute Gasteiger partial charge is 0.329 e. The molecule has 1 heterocycles. The van der Waals surface area contributed by atoms with Crippen molar-refractivity contribution in [1.82, 2.24) is 9.21 Å². The van der Waals surface area contributed by atoms with Crippen molar-refractivity contribution in [3.8, 4) is 0 Å². The number of hydrogen-bond acceptors (Lipinski definition) is 4. The molecule has 0 amide bonds. The van der Waals surface area contributed by atoms with E-state index in [0.717, 1.165) is 19.0 Å². The Hall–Kier alpha value is -0.170. The monoisotopic (exact) mass is 275 g/mol. The van der Waals surface area contributed by atoms with E-state index in [9.17, 15) is 8.42 Å². The number of nitrogens with two attached hydrogens (primary N) is 1. The summed E-state index contributed by atoms with van der Waals surface area (Å²) in [6.45, 7) is 3.57. The minimum Gasteiger partial charge on any atom is -0.329 e. The van der Waals surface area contributed by atoms with Crippen LogP contribution in [0.15, 0.2) is 0 Å². The normalized spacial score (nSPS) is 26.6. The lowest BCUT2D eigenvalue weighted by molar-refractivity contribution is 0.104. The van der Waals surface area contributed by atoms with E-state index in [1.165, 1.54) is 31.9 Å². The van der Waals surface area contributed by atoms with E-state index in [-0.39, 0.29) is 0 Å². The first kappa shape index (κ1) is 14.2. The molecule has 1 unspecified atom stereocenters. The van der Waals surface area contributed by atoms with Crippen molar-refractivity contribution in [3.63, 3.8) is 0 Å². The van der Waals surface area contributed by atoms with Crippen LogP contribution in [0.3, 0.4) is 0 Å². The third-order valence-corrected chi connectivity index (χ3v) is 5.70. The molecule has 1 saturated heterocycles. The lowest BCUT2D eigenvalue weighted by atomic mass is 9.96. The third-order valence-electron chi connectivity index (χ3n) is 4.40. The molecule has 5 nitrogen and oxygen atoms in total. The van der Waals surface area contributed by atoms with Gasteiger partial charge in [-0.3, -0.25) is 4.90 Å². The summed E-state index contributed by atoms with van der Waals surface area (Å²) in [5.41, 5.74) is 5.93. The van der Waals surface area contributed by atoms with Crippen LogP contribution in [0.1, 0.15) is 25.7 Å². The lowest BCUT2D eigenvalue weighted by Crippen LogP contribution is -2.55. The standard InChI is InChI=1S/C12H25N3O2S/c1-18(16,17)15-8-6-14(7-9-15)12(10-13)11-4-2-3-5-11/h11-12H,2-10,13H2,1H3. The van der Waals surface area contributed by atoms with Crippen LogP contribution in [-0.2, 0) is 10.0 Å².